The van der Waals surface area contributed by atoms with Crippen LogP contribution in [0.15, 0.2) is 12.1 Å². The monoisotopic (exact) mass is 196 g/mol. The van der Waals surface area contributed by atoms with Gasteiger partial charge in [-0.3, -0.25) is 4.79 Å². The minimum atomic E-state index is 0.128. The number of ether oxygens (including phenoxy) is 1. The lowest BCUT2D eigenvalue weighted by molar-refractivity contribution is 0.0922. The summed E-state index contributed by atoms with van der Waals surface area (Å²) in [5.41, 5.74) is 0. The molecule has 1 fully saturated rings. The molecule has 70 valence electrons. The Bertz CT molecular complexity index is 329. The Morgan fingerprint density at radius 1 is 1.62 bits per heavy atom. The molecule has 3 heteroatoms. The third-order valence-electron chi connectivity index (χ3n) is 2.35. The van der Waals surface area contributed by atoms with Crippen LogP contribution in [0.3, 0.4) is 0 Å². The van der Waals surface area contributed by atoms with Crippen LogP contribution < -0.4 is 0 Å². The van der Waals surface area contributed by atoms with Crippen LogP contribution in [0.1, 0.15) is 21.0 Å². The van der Waals surface area contributed by atoms with Crippen LogP contribution in [0.25, 0.3) is 0 Å². The standard InChI is InChI=1S/C10H12O2S/c1-6-3-4-9(13-6)10(11)7-5-8(7)12-2/h3-4,7-8H,5H2,1-2H3. The first kappa shape index (κ1) is 8.91. The summed E-state index contributed by atoms with van der Waals surface area (Å²) < 4.78 is 5.11. The number of methoxy groups -OCH3 is 1. The van der Waals surface area contributed by atoms with E-state index in [1.54, 1.807) is 18.4 Å². The number of carbonyl (C=O) groups excluding carboxylic acids is 1. The molecule has 1 aromatic rings. The smallest absolute Gasteiger partial charge is 0.178 e. The maximum atomic E-state index is 11.7. The van der Waals surface area contributed by atoms with Gasteiger partial charge in [0.2, 0.25) is 0 Å². The molecule has 0 aliphatic heterocycles. The molecule has 13 heavy (non-hydrogen) atoms. The van der Waals surface area contributed by atoms with Gasteiger partial charge < -0.3 is 4.74 Å². The van der Waals surface area contributed by atoms with Crippen molar-refractivity contribution >= 4 is 17.1 Å². The highest BCUT2D eigenvalue weighted by molar-refractivity contribution is 7.14. The van der Waals surface area contributed by atoms with Gasteiger partial charge in [0.1, 0.15) is 0 Å². The van der Waals surface area contributed by atoms with E-state index in [2.05, 4.69) is 0 Å². The molecule has 1 aliphatic carbocycles. The van der Waals surface area contributed by atoms with E-state index in [4.69, 9.17) is 4.74 Å². The molecule has 2 rings (SSSR count). The SMILES string of the molecule is COC1CC1C(=O)c1ccc(C)s1. The van der Waals surface area contributed by atoms with Crippen molar-refractivity contribution in [3.63, 3.8) is 0 Å². The van der Waals surface area contributed by atoms with E-state index in [1.165, 1.54) is 4.88 Å². The Balaban J connectivity index is 2.07. The minimum absolute atomic E-state index is 0.128. The van der Waals surface area contributed by atoms with Gasteiger partial charge in [0, 0.05) is 12.0 Å². The summed E-state index contributed by atoms with van der Waals surface area (Å²) in [7, 11) is 1.66. The van der Waals surface area contributed by atoms with Crippen LogP contribution in [-0.4, -0.2) is 19.0 Å². The van der Waals surface area contributed by atoms with Gasteiger partial charge in [0.15, 0.2) is 5.78 Å². The average Bonchev–Trinajstić information content (AvgIpc) is 2.80. The lowest BCUT2D eigenvalue weighted by Crippen LogP contribution is -2.03. The fraction of sp³-hybridized carbons (Fsp3) is 0.500. The molecular formula is C10H12O2S. The lowest BCUT2D eigenvalue weighted by Gasteiger charge is -1.94. The highest BCUT2D eigenvalue weighted by Gasteiger charge is 2.43. The fourth-order valence-corrected chi connectivity index (χ4v) is 2.33. The summed E-state index contributed by atoms with van der Waals surface area (Å²) in [4.78, 5) is 13.8. The first-order valence-electron chi connectivity index (χ1n) is 4.36. The zero-order valence-electron chi connectivity index (χ0n) is 7.74. The molecule has 0 N–H and O–H groups in total. The van der Waals surface area contributed by atoms with Gasteiger partial charge in [0.25, 0.3) is 0 Å². The number of rotatable bonds is 3. The van der Waals surface area contributed by atoms with Gasteiger partial charge in [-0.25, -0.2) is 0 Å². The molecule has 2 unspecified atom stereocenters. The number of thiophene rings is 1. The third kappa shape index (κ3) is 1.67. The number of aryl methyl sites for hydroxylation is 1. The maximum Gasteiger partial charge on any atom is 0.178 e. The van der Waals surface area contributed by atoms with Crippen LogP contribution in [-0.2, 0) is 4.74 Å². The number of hydrogen-bond acceptors (Lipinski definition) is 3. The first-order valence-corrected chi connectivity index (χ1v) is 5.17. The summed E-state index contributed by atoms with van der Waals surface area (Å²) in [6, 6.07) is 3.90. The van der Waals surface area contributed by atoms with E-state index in [9.17, 15) is 4.79 Å². The highest BCUT2D eigenvalue weighted by Crippen LogP contribution is 2.37. The molecule has 1 aliphatic rings. The van der Waals surface area contributed by atoms with Gasteiger partial charge in [-0.2, -0.15) is 0 Å². The molecule has 2 atom stereocenters. The van der Waals surface area contributed by atoms with Crippen molar-refractivity contribution in [3.8, 4) is 0 Å². The van der Waals surface area contributed by atoms with Crippen molar-refractivity contribution in [2.45, 2.75) is 19.4 Å². The Kier molecular flexibility index (Phi) is 2.22. The van der Waals surface area contributed by atoms with Gasteiger partial charge in [-0.1, -0.05) is 0 Å². The van der Waals surface area contributed by atoms with E-state index in [0.717, 1.165) is 11.3 Å². The number of ketones is 1. The van der Waals surface area contributed by atoms with Crippen molar-refractivity contribution in [1.29, 1.82) is 0 Å². The summed E-state index contributed by atoms with van der Waals surface area (Å²) in [5, 5.41) is 0. The van der Waals surface area contributed by atoms with Crippen LogP contribution in [0.4, 0.5) is 0 Å². The molecule has 0 radical (unpaired) electrons. The van der Waals surface area contributed by atoms with Crippen molar-refractivity contribution in [1.82, 2.24) is 0 Å². The summed E-state index contributed by atoms with van der Waals surface area (Å²) >= 11 is 1.57. The van der Waals surface area contributed by atoms with Gasteiger partial charge in [-0.15, -0.1) is 11.3 Å². The van der Waals surface area contributed by atoms with Crippen LogP contribution in [0.5, 0.6) is 0 Å². The molecule has 1 aromatic heterocycles. The average molecular weight is 196 g/mol. The van der Waals surface area contributed by atoms with Gasteiger partial charge in [0.05, 0.1) is 16.9 Å². The quantitative estimate of drug-likeness (QED) is 0.693. The van der Waals surface area contributed by atoms with E-state index in [0.29, 0.717) is 0 Å². The molecule has 0 amide bonds. The normalized spacial score (nSPS) is 26.0. The molecule has 0 spiro atoms. The maximum absolute atomic E-state index is 11.7. The first-order chi connectivity index (χ1) is 6.22. The zero-order valence-corrected chi connectivity index (χ0v) is 8.56. The number of hydrogen-bond donors (Lipinski definition) is 0. The topological polar surface area (TPSA) is 26.3 Å². The Labute approximate surface area is 81.5 Å². The van der Waals surface area contributed by atoms with Crippen molar-refractivity contribution in [2.24, 2.45) is 5.92 Å². The van der Waals surface area contributed by atoms with Crippen LogP contribution >= 0.6 is 11.3 Å². The van der Waals surface area contributed by atoms with Crippen LogP contribution in [0, 0.1) is 12.8 Å². The van der Waals surface area contributed by atoms with Crippen molar-refractivity contribution in [3.05, 3.63) is 21.9 Å². The zero-order chi connectivity index (χ0) is 9.42. The predicted octanol–water partition coefficient (Wildman–Crippen LogP) is 2.27. The molecule has 0 bridgehead atoms. The van der Waals surface area contributed by atoms with Gasteiger partial charge >= 0.3 is 0 Å². The second kappa shape index (κ2) is 3.24. The fourth-order valence-electron chi connectivity index (χ4n) is 1.46. The van der Waals surface area contributed by atoms with Crippen LogP contribution in [0.2, 0.25) is 0 Å². The molecule has 1 saturated carbocycles. The van der Waals surface area contributed by atoms with E-state index in [1.807, 2.05) is 19.1 Å². The number of Topliss-reactive ketones (excluding diaryl/α,β-unsaturated/α-hetero) is 1. The molecule has 0 saturated heterocycles. The van der Waals surface area contributed by atoms with E-state index >= 15 is 0 Å². The molecule has 2 nitrogen and oxygen atoms in total. The Morgan fingerprint density at radius 2 is 2.38 bits per heavy atom. The van der Waals surface area contributed by atoms with E-state index < -0.39 is 0 Å². The lowest BCUT2D eigenvalue weighted by atomic mass is 10.2. The minimum Gasteiger partial charge on any atom is -0.381 e. The second-order valence-electron chi connectivity index (χ2n) is 3.39. The van der Waals surface area contributed by atoms with E-state index in [-0.39, 0.29) is 17.8 Å². The third-order valence-corrected chi connectivity index (χ3v) is 3.37. The molecule has 1 heterocycles. The summed E-state index contributed by atoms with van der Waals surface area (Å²) in [6.45, 7) is 2.02. The Hall–Kier alpha value is -0.670. The summed E-state index contributed by atoms with van der Waals surface area (Å²) in [6.07, 6.45) is 1.07. The highest BCUT2D eigenvalue weighted by atomic mass is 32.1. The van der Waals surface area contributed by atoms with Crippen molar-refractivity contribution < 1.29 is 9.53 Å². The predicted molar refractivity (Wildman–Crippen MR) is 52.3 cm³/mol. The summed E-state index contributed by atoms with van der Waals surface area (Å²) in [5.74, 6) is 0.382. The molecular weight excluding hydrogens is 184 g/mol. The Morgan fingerprint density at radius 3 is 2.85 bits per heavy atom. The molecule has 0 aromatic carbocycles. The second-order valence-corrected chi connectivity index (χ2v) is 4.68. The van der Waals surface area contributed by atoms with Gasteiger partial charge in [-0.05, 0) is 25.5 Å². The number of carbonyl (C=O) groups is 1. The van der Waals surface area contributed by atoms with Crippen molar-refractivity contribution in [2.75, 3.05) is 7.11 Å². The largest absolute Gasteiger partial charge is 0.381 e.